The van der Waals surface area contributed by atoms with Crippen LogP contribution in [0.3, 0.4) is 0 Å². The number of nitrogens with one attached hydrogen (secondary N) is 2. The van der Waals surface area contributed by atoms with Gasteiger partial charge in [-0.15, -0.1) is 0 Å². The van der Waals surface area contributed by atoms with Crippen molar-refractivity contribution in [2.24, 2.45) is 0 Å². The van der Waals surface area contributed by atoms with Gasteiger partial charge in [0.15, 0.2) is 18.1 Å². The largest absolute Gasteiger partial charge is 0.493 e. The number of methoxy groups -OCH3 is 1. The molecule has 0 saturated heterocycles. The maximum Gasteiger partial charge on any atom is 0.276 e. The number of nitrogens with zero attached hydrogens (tertiary/aromatic N) is 1. The molecule has 2 amide bonds. The highest BCUT2D eigenvalue weighted by Gasteiger charge is 2.10. The predicted molar refractivity (Wildman–Crippen MR) is 101 cm³/mol. The van der Waals surface area contributed by atoms with E-state index in [1.54, 1.807) is 6.07 Å². The number of carbonyl (C=O) groups excluding carboxylic acids is 2. The molecule has 7 nitrogen and oxygen atoms in total. The standard InChI is InChI=1S/C20H21N3O4/c1-14-7-8-17(18(11-14)26-2)27-13-20(25)22-21-19(24)12-23-10-9-15-5-3-4-6-16(15)23/h3-11H,12-13H2,1-2H3,(H,21,24)(H,22,25). The Morgan fingerprint density at radius 1 is 1.00 bits per heavy atom. The predicted octanol–water partition coefficient (Wildman–Crippen LogP) is 2.18. The number of aryl methyl sites for hydroxylation is 1. The lowest BCUT2D eigenvalue weighted by Crippen LogP contribution is -2.45. The highest BCUT2D eigenvalue weighted by Crippen LogP contribution is 2.27. The molecule has 0 radical (unpaired) electrons. The Kier molecular flexibility index (Phi) is 5.61. The zero-order valence-corrected chi connectivity index (χ0v) is 15.2. The van der Waals surface area contributed by atoms with Crippen LogP contribution < -0.4 is 20.3 Å². The van der Waals surface area contributed by atoms with E-state index in [9.17, 15) is 9.59 Å². The lowest BCUT2D eigenvalue weighted by molar-refractivity contribution is -0.130. The average Bonchev–Trinajstić information content (AvgIpc) is 3.08. The summed E-state index contributed by atoms with van der Waals surface area (Å²) in [5.41, 5.74) is 6.71. The SMILES string of the molecule is COc1cc(C)ccc1OCC(=O)NNC(=O)Cn1ccc2ccccc21. The van der Waals surface area contributed by atoms with Crippen molar-refractivity contribution < 1.29 is 19.1 Å². The first-order chi connectivity index (χ1) is 13.1. The first-order valence-corrected chi connectivity index (χ1v) is 8.46. The highest BCUT2D eigenvalue weighted by molar-refractivity contribution is 5.85. The minimum absolute atomic E-state index is 0.0977. The number of aromatic nitrogens is 1. The number of hydrogen-bond acceptors (Lipinski definition) is 4. The fourth-order valence-corrected chi connectivity index (χ4v) is 2.69. The fourth-order valence-electron chi connectivity index (χ4n) is 2.69. The van der Waals surface area contributed by atoms with Gasteiger partial charge in [-0.05, 0) is 42.1 Å². The molecule has 1 heterocycles. The van der Waals surface area contributed by atoms with Gasteiger partial charge in [0.1, 0.15) is 6.54 Å². The summed E-state index contributed by atoms with van der Waals surface area (Å²) in [6.45, 7) is 1.79. The molecule has 0 spiro atoms. The Morgan fingerprint density at radius 2 is 1.78 bits per heavy atom. The van der Waals surface area contributed by atoms with Crippen LogP contribution in [0.4, 0.5) is 0 Å². The summed E-state index contributed by atoms with van der Waals surface area (Å²) in [5.74, 6) is 0.204. The third-order valence-corrected chi connectivity index (χ3v) is 4.01. The molecule has 0 fully saturated rings. The van der Waals surface area contributed by atoms with Crippen molar-refractivity contribution in [1.29, 1.82) is 0 Å². The number of benzene rings is 2. The van der Waals surface area contributed by atoms with E-state index >= 15 is 0 Å². The van der Waals surface area contributed by atoms with E-state index in [0.29, 0.717) is 11.5 Å². The summed E-state index contributed by atoms with van der Waals surface area (Å²) >= 11 is 0. The lowest BCUT2D eigenvalue weighted by atomic mass is 10.2. The Bertz CT molecular complexity index is 965. The molecular weight excluding hydrogens is 346 g/mol. The zero-order chi connectivity index (χ0) is 19.2. The molecule has 7 heteroatoms. The van der Waals surface area contributed by atoms with Crippen molar-refractivity contribution in [2.45, 2.75) is 13.5 Å². The average molecular weight is 367 g/mol. The number of hydrogen-bond donors (Lipinski definition) is 2. The van der Waals surface area contributed by atoms with Crippen LogP contribution >= 0.6 is 0 Å². The third kappa shape index (κ3) is 4.58. The molecule has 1 aromatic heterocycles. The number of rotatable bonds is 6. The van der Waals surface area contributed by atoms with Crippen LogP contribution in [0.5, 0.6) is 11.5 Å². The molecule has 27 heavy (non-hydrogen) atoms. The maximum absolute atomic E-state index is 12.1. The van der Waals surface area contributed by atoms with E-state index in [-0.39, 0.29) is 19.1 Å². The van der Waals surface area contributed by atoms with Gasteiger partial charge in [0.25, 0.3) is 11.8 Å². The smallest absolute Gasteiger partial charge is 0.276 e. The summed E-state index contributed by atoms with van der Waals surface area (Å²) in [4.78, 5) is 24.0. The Hall–Kier alpha value is -3.48. The van der Waals surface area contributed by atoms with Gasteiger partial charge >= 0.3 is 0 Å². The second-order valence-electron chi connectivity index (χ2n) is 6.04. The van der Waals surface area contributed by atoms with Crippen molar-refractivity contribution >= 4 is 22.7 Å². The maximum atomic E-state index is 12.1. The lowest BCUT2D eigenvalue weighted by Gasteiger charge is -2.12. The molecular formula is C20H21N3O4. The topological polar surface area (TPSA) is 81.6 Å². The van der Waals surface area contributed by atoms with Gasteiger partial charge in [0.2, 0.25) is 0 Å². The van der Waals surface area contributed by atoms with Crippen molar-refractivity contribution in [3.8, 4) is 11.5 Å². The van der Waals surface area contributed by atoms with Gasteiger partial charge in [-0.2, -0.15) is 0 Å². The normalized spacial score (nSPS) is 10.4. The van der Waals surface area contributed by atoms with Crippen LogP contribution in [0.2, 0.25) is 0 Å². The van der Waals surface area contributed by atoms with Gasteiger partial charge in [0.05, 0.1) is 7.11 Å². The number of fused-ring (bicyclic) bond motifs is 1. The van der Waals surface area contributed by atoms with Crippen LogP contribution in [0, 0.1) is 6.92 Å². The molecule has 0 atom stereocenters. The van der Waals surface area contributed by atoms with E-state index in [0.717, 1.165) is 16.5 Å². The van der Waals surface area contributed by atoms with Crippen LogP contribution in [0.1, 0.15) is 5.56 Å². The molecule has 0 saturated carbocycles. The molecule has 3 rings (SSSR count). The minimum Gasteiger partial charge on any atom is -0.493 e. The number of ether oxygens (including phenoxy) is 2. The van der Waals surface area contributed by atoms with Crippen LogP contribution in [0.15, 0.2) is 54.7 Å². The quantitative estimate of drug-likeness (QED) is 0.655. The monoisotopic (exact) mass is 367 g/mol. The first-order valence-electron chi connectivity index (χ1n) is 8.46. The molecule has 3 aromatic rings. The molecule has 0 unspecified atom stereocenters. The summed E-state index contributed by atoms with van der Waals surface area (Å²) in [5, 5.41) is 1.05. The molecule has 0 aliphatic carbocycles. The Balaban J connectivity index is 1.48. The minimum atomic E-state index is -0.469. The molecule has 2 N–H and O–H groups in total. The molecule has 0 aliphatic heterocycles. The van der Waals surface area contributed by atoms with Gasteiger partial charge in [-0.3, -0.25) is 20.4 Å². The summed E-state index contributed by atoms with van der Waals surface area (Å²) in [7, 11) is 1.53. The fraction of sp³-hybridized carbons (Fsp3) is 0.200. The summed E-state index contributed by atoms with van der Waals surface area (Å²) in [6.07, 6.45) is 1.83. The van der Waals surface area contributed by atoms with Gasteiger partial charge < -0.3 is 14.0 Å². The van der Waals surface area contributed by atoms with Crippen molar-refractivity contribution in [1.82, 2.24) is 15.4 Å². The van der Waals surface area contributed by atoms with E-state index in [1.165, 1.54) is 7.11 Å². The molecule has 2 aromatic carbocycles. The van der Waals surface area contributed by atoms with E-state index in [1.807, 2.05) is 60.2 Å². The Labute approximate surface area is 156 Å². The number of hydrazine groups is 1. The van der Waals surface area contributed by atoms with Gasteiger partial charge in [-0.1, -0.05) is 24.3 Å². The van der Waals surface area contributed by atoms with Gasteiger partial charge in [-0.25, -0.2) is 0 Å². The van der Waals surface area contributed by atoms with E-state index in [4.69, 9.17) is 9.47 Å². The number of para-hydroxylation sites is 1. The van der Waals surface area contributed by atoms with Crippen LogP contribution in [-0.4, -0.2) is 30.1 Å². The Morgan fingerprint density at radius 3 is 2.59 bits per heavy atom. The molecule has 140 valence electrons. The zero-order valence-electron chi connectivity index (χ0n) is 15.2. The van der Waals surface area contributed by atoms with Crippen LogP contribution in [-0.2, 0) is 16.1 Å². The second kappa shape index (κ2) is 8.27. The number of carbonyl (C=O) groups is 2. The van der Waals surface area contributed by atoms with E-state index < -0.39 is 5.91 Å². The first kappa shape index (κ1) is 18.3. The highest BCUT2D eigenvalue weighted by atomic mass is 16.5. The van der Waals surface area contributed by atoms with Crippen molar-refractivity contribution in [2.75, 3.05) is 13.7 Å². The van der Waals surface area contributed by atoms with Crippen molar-refractivity contribution in [3.63, 3.8) is 0 Å². The van der Waals surface area contributed by atoms with E-state index in [2.05, 4.69) is 10.9 Å². The van der Waals surface area contributed by atoms with Gasteiger partial charge in [0, 0.05) is 11.7 Å². The molecule has 0 bridgehead atoms. The van der Waals surface area contributed by atoms with Crippen LogP contribution in [0.25, 0.3) is 10.9 Å². The molecule has 0 aliphatic rings. The summed E-state index contributed by atoms with van der Waals surface area (Å²) in [6, 6.07) is 15.1. The second-order valence-corrected chi connectivity index (χ2v) is 6.04. The summed E-state index contributed by atoms with van der Waals surface area (Å²) < 4.78 is 12.5. The number of amides is 2. The third-order valence-electron chi connectivity index (χ3n) is 4.01. The van der Waals surface area contributed by atoms with Crippen molar-refractivity contribution in [3.05, 3.63) is 60.3 Å².